The van der Waals surface area contributed by atoms with Gasteiger partial charge in [-0.25, -0.2) is 9.59 Å². The van der Waals surface area contributed by atoms with E-state index in [1.54, 1.807) is 0 Å². The fraction of sp³-hybridized carbons (Fsp3) is 0.400. The van der Waals surface area contributed by atoms with Crippen molar-refractivity contribution in [2.75, 3.05) is 24.7 Å². The maximum atomic E-state index is 12.8. The Morgan fingerprint density at radius 1 is 1.12 bits per heavy atom. The molecule has 7 nitrogen and oxygen atoms in total. The number of hydrogen-bond acceptors (Lipinski definition) is 5. The van der Waals surface area contributed by atoms with Crippen molar-refractivity contribution in [3.8, 4) is 11.1 Å². The first-order valence-electron chi connectivity index (χ1n) is 11.2. The van der Waals surface area contributed by atoms with Crippen LogP contribution in [0.4, 0.5) is 4.79 Å². The molecule has 2 unspecified atom stereocenters. The number of nitrogens with one attached hydrogen (secondary N) is 1. The molecule has 0 radical (unpaired) electrons. The van der Waals surface area contributed by atoms with E-state index in [-0.39, 0.29) is 24.9 Å². The molecule has 0 saturated carbocycles. The summed E-state index contributed by atoms with van der Waals surface area (Å²) in [5, 5.41) is 12.2. The molecule has 8 heteroatoms. The van der Waals surface area contributed by atoms with Gasteiger partial charge < -0.3 is 20.1 Å². The second-order valence-electron chi connectivity index (χ2n) is 8.30. The zero-order valence-corrected chi connectivity index (χ0v) is 19.3. The van der Waals surface area contributed by atoms with Crippen LogP contribution in [0.5, 0.6) is 0 Å². The molecule has 0 aromatic heterocycles. The maximum absolute atomic E-state index is 12.8. The lowest BCUT2D eigenvalue weighted by Gasteiger charge is -2.33. The van der Waals surface area contributed by atoms with Gasteiger partial charge in [0.05, 0.1) is 0 Å². The molecule has 1 saturated heterocycles. The minimum atomic E-state index is -0.993. The van der Waals surface area contributed by atoms with Gasteiger partial charge >= 0.3 is 12.1 Å². The zero-order chi connectivity index (χ0) is 23.4. The first kappa shape index (κ1) is 23.2. The van der Waals surface area contributed by atoms with Crippen LogP contribution in [0.1, 0.15) is 36.8 Å². The van der Waals surface area contributed by atoms with Gasteiger partial charge in [-0.2, -0.15) is 11.8 Å². The highest BCUT2D eigenvalue weighted by Gasteiger charge is 2.33. The summed E-state index contributed by atoms with van der Waals surface area (Å²) in [7, 11) is 0. The van der Waals surface area contributed by atoms with Crippen LogP contribution >= 0.6 is 11.8 Å². The normalized spacial score (nSPS) is 18.2. The number of ether oxygens (including phenoxy) is 1. The molecular weight excluding hydrogens is 440 g/mol. The van der Waals surface area contributed by atoms with E-state index in [0.29, 0.717) is 24.5 Å². The van der Waals surface area contributed by atoms with Gasteiger partial charge in [0.2, 0.25) is 5.91 Å². The Hall–Kier alpha value is -3.00. The Balaban J connectivity index is 1.35. The Kier molecular flexibility index (Phi) is 7.23. The number of benzene rings is 2. The van der Waals surface area contributed by atoms with E-state index in [4.69, 9.17) is 4.74 Å². The van der Waals surface area contributed by atoms with E-state index in [1.165, 1.54) is 16.7 Å². The monoisotopic (exact) mass is 468 g/mol. The van der Waals surface area contributed by atoms with Crippen LogP contribution in [0.3, 0.4) is 0 Å². The summed E-state index contributed by atoms with van der Waals surface area (Å²) < 4.78 is 5.59. The Morgan fingerprint density at radius 3 is 2.36 bits per heavy atom. The standard InChI is InChI=1S/C25H28N2O5S/c1-2-16(13-23(28)27-11-12-33-15-22(27)24(29)30)26-25(31)32-14-21-19-9-5-3-7-17(19)18-8-4-6-10-20(18)21/h3-10,16,21-22H,2,11-15H2,1H3,(H,26,31)(H,29,30). The predicted octanol–water partition coefficient (Wildman–Crippen LogP) is 3.72. The average Bonchev–Trinajstić information content (AvgIpc) is 3.16. The van der Waals surface area contributed by atoms with Crippen molar-refractivity contribution in [2.45, 2.75) is 37.8 Å². The van der Waals surface area contributed by atoms with Gasteiger partial charge in [-0.05, 0) is 28.7 Å². The summed E-state index contributed by atoms with van der Waals surface area (Å²) >= 11 is 1.53. The Bertz CT molecular complexity index is 997. The second kappa shape index (κ2) is 10.3. The third-order valence-corrected chi connectivity index (χ3v) is 7.34. The highest BCUT2D eigenvalue weighted by Crippen LogP contribution is 2.44. The fourth-order valence-electron chi connectivity index (χ4n) is 4.54. The van der Waals surface area contributed by atoms with Crippen molar-refractivity contribution < 1.29 is 24.2 Å². The number of carbonyl (C=O) groups is 3. The van der Waals surface area contributed by atoms with Gasteiger partial charge in [-0.3, -0.25) is 4.79 Å². The molecule has 0 bridgehead atoms. The lowest BCUT2D eigenvalue weighted by Crippen LogP contribution is -2.52. The number of carboxylic acids is 1. The van der Waals surface area contributed by atoms with Crippen molar-refractivity contribution in [3.63, 3.8) is 0 Å². The molecule has 4 rings (SSSR count). The number of nitrogens with zero attached hydrogens (tertiary/aromatic N) is 1. The fourth-order valence-corrected chi connectivity index (χ4v) is 5.58. The average molecular weight is 469 g/mol. The van der Waals surface area contributed by atoms with Crippen LogP contribution in [0.15, 0.2) is 48.5 Å². The summed E-state index contributed by atoms with van der Waals surface area (Å²) in [6.45, 7) is 2.49. The lowest BCUT2D eigenvalue weighted by molar-refractivity contribution is -0.149. The predicted molar refractivity (Wildman–Crippen MR) is 127 cm³/mol. The molecule has 1 fully saturated rings. The molecule has 1 heterocycles. The lowest BCUT2D eigenvalue weighted by atomic mass is 9.98. The molecule has 174 valence electrons. The van der Waals surface area contributed by atoms with Crippen molar-refractivity contribution in [3.05, 3.63) is 59.7 Å². The molecule has 2 atom stereocenters. The minimum absolute atomic E-state index is 0.0352. The van der Waals surface area contributed by atoms with Crippen molar-refractivity contribution in [2.24, 2.45) is 0 Å². The van der Waals surface area contributed by atoms with Crippen molar-refractivity contribution in [1.82, 2.24) is 10.2 Å². The summed E-state index contributed by atoms with van der Waals surface area (Å²) in [6, 6.07) is 15.0. The Labute approximate surface area is 197 Å². The molecule has 2 N–H and O–H groups in total. The van der Waals surface area contributed by atoms with Crippen LogP contribution in [-0.4, -0.2) is 64.7 Å². The van der Waals surface area contributed by atoms with E-state index in [1.807, 2.05) is 31.2 Å². The van der Waals surface area contributed by atoms with Crippen LogP contribution in [-0.2, 0) is 14.3 Å². The number of fused-ring (bicyclic) bond motifs is 3. The number of aliphatic carboxylic acids is 1. The van der Waals surface area contributed by atoms with Gasteiger partial charge in [-0.1, -0.05) is 55.5 Å². The van der Waals surface area contributed by atoms with Gasteiger partial charge in [0.1, 0.15) is 12.6 Å². The molecule has 33 heavy (non-hydrogen) atoms. The summed E-state index contributed by atoms with van der Waals surface area (Å²) in [5.41, 5.74) is 4.59. The third-order valence-electron chi connectivity index (χ3n) is 6.31. The quantitative estimate of drug-likeness (QED) is 0.643. The summed E-state index contributed by atoms with van der Waals surface area (Å²) in [6.07, 6.45) is 0.0197. The number of carboxylic acid groups (broad SMARTS) is 1. The van der Waals surface area contributed by atoms with Gasteiger partial charge in [0.25, 0.3) is 0 Å². The van der Waals surface area contributed by atoms with E-state index < -0.39 is 24.1 Å². The third kappa shape index (κ3) is 5.00. The molecule has 2 amide bonds. The molecule has 2 aromatic rings. The first-order valence-corrected chi connectivity index (χ1v) is 12.4. The number of hydrogen-bond donors (Lipinski definition) is 2. The summed E-state index contributed by atoms with van der Waals surface area (Å²) in [5.74, 6) is -0.183. The SMILES string of the molecule is CCC(CC(=O)N1CCSCC1C(=O)O)NC(=O)OCC1c2ccccc2-c2ccccc21. The van der Waals surface area contributed by atoms with Gasteiger partial charge in [0, 0.05) is 36.4 Å². The van der Waals surface area contributed by atoms with E-state index in [2.05, 4.69) is 29.6 Å². The molecule has 0 spiro atoms. The van der Waals surface area contributed by atoms with E-state index >= 15 is 0 Å². The maximum Gasteiger partial charge on any atom is 0.407 e. The molecule has 2 aromatic carbocycles. The van der Waals surface area contributed by atoms with Crippen LogP contribution in [0.25, 0.3) is 11.1 Å². The van der Waals surface area contributed by atoms with E-state index in [0.717, 1.165) is 22.3 Å². The Morgan fingerprint density at radius 2 is 1.76 bits per heavy atom. The summed E-state index contributed by atoms with van der Waals surface area (Å²) in [4.78, 5) is 38.2. The van der Waals surface area contributed by atoms with Crippen molar-refractivity contribution in [1.29, 1.82) is 0 Å². The number of alkyl carbamates (subject to hydrolysis) is 1. The molecule has 1 aliphatic heterocycles. The molecular formula is C25H28N2O5S. The topological polar surface area (TPSA) is 95.9 Å². The number of amides is 2. The highest BCUT2D eigenvalue weighted by molar-refractivity contribution is 7.99. The van der Waals surface area contributed by atoms with Crippen LogP contribution in [0, 0.1) is 0 Å². The van der Waals surface area contributed by atoms with Crippen molar-refractivity contribution >= 4 is 29.7 Å². The number of rotatable bonds is 7. The minimum Gasteiger partial charge on any atom is -0.480 e. The number of thioether (sulfide) groups is 1. The molecule has 2 aliphatic rings. The largest absolute Gasteiger partial charge is 0.480 e. The van der Waals surface area contributed by atoms with Crippen LogP contribution < -0.4 is 5.32 Å². The number of carbonyl (C=O) groups excluding carboxylic acids is 2. The van der Waals surface area contributed by atoms with Gasteiger partial charge in [0.15, 0.2) is 0 Å². The van der Waals surface area contributed by atoms with Gasteiger partial charge in [-0.15, -0.1) is 0 Å². The van der Waals surface area contributed by atoms with Crippen LogP contribution in [0.2, 0.25) is 0 Å². The molecule has 1 aliphatic carbocycles. The first-order chi connectivity index (χ1) is 16.0. The smallest absolute Gasteiger partial charge is 0.407 e. The zero-order valence-electron chi connectivity index (χ0n) is 18.5. The second-order valence-corrected chi connectivity index (χ2v) is 9.45. The highest BCUT2D eigenvalue weighted by atomic mass is 32.2. The van der Waals surface area contributed by atoms with E-state index in [9.17, 15) is 19.5 Å².